The van der Waals surface area contributed by atoms with Crippen LogP contribution in [0.25, 0.3) is 0 Å². The number of amides is 2. The Morgan fingerprint density at radius 2 is 1.83 bits per heavy atom. The lowest BCUT2D eigenvalue weighted by molar-refractivity contribution is -0.117. The minimum absolute atomic E-state index is 0.0683. The SMILES string of the molecule is COc1ccc([C@H]2CCCN2CC(=O)Nc2ccc(C(=O)N(C)C)cc2)c(OC)c1. The van der Waals surface area contributed by atoms with Gasteiger partial charge in [0.15, 0.2) is 0 Å². The van der Waals surface area contributed by atoms with Crippen LogP contribution < -0.4 is 14.8 Å². The summed E-state index contributed by atoms with van der Waals surface area (Å²) in [4.78, 5) is 28.3. The topological polar surface area (TPSA) is 71.1 Å². The van der Waals surface area contributed by atoms with Crippen LogP contribution in [0.5, 0.6) is 11.5 Å². The van der Waals surface area contributed by atoms with Gasteiger partial charge in [-0.15, -0.1) is 0 Å². The number of carbonyl (C=O) groups is 2. The lowest BCUT2D eigenvalue weighted by atomic mass is 10.0. The molecule has 1 saturated heterocycles. The summed E-state index contributed by atoms with van der Waals surface area (Å²) in [6.45, 7) is 1.14. The van der Waals surface area contributed by atoms with Gasteiger partial charge in [-0.25, -0.2) is 0 Å². The van der Waals surface area contributed by atoms with Crippen LogP contribution in [0, 0.1) is 0 Å². The monoisotopic (exact) mass is 411 g/mol. The van der Waals surface area contributed by atoms with E-state index in [-0.39, 0.29) is 24.4 Å². The van der Waals surface area contributed by atoms with Crippen LogP contribution in [0.2, 0.25) is 0 Å². The van der Waals surface area contributed by atoms with Gasteiger partial charge in [0.05, 0.1) is 20.8 Å². The maximum absolute atomic E-state index is 12.6. The fourth-order valence-corrected chi connectivity index (χ4v) is 3.80. The summed E-state index contributed by atoms with van der Waals surface area (Å²) in [7, 11) is 6.70. The van der Waals surface area contributed by atoms with Gasteiger partial charge < -0.3 is 19.7 Å². The first-order valence-electron chi connectivity index (χ1n) is 10.0. The van der Waals surface area contributed by atoms with E-state index in [4.69, 9.17) is 9.47 Å². The van der Waals surface area contributed by atoms with Crippen LogP contribution in [-0.4, -0.2) is 63.0 Å². The van der Waals surface area contributed by atoms with E-state index < -0.39 is 0 Å². The number of nitrogens with zero attached hydrogens (tertiary/aromatic N) is 2. The molecule has 0 radical (unpaired) electrons. The average Bonchev–Trinajstić information content (AvgIpc) is 3.20. The highest BCUT2D eigenvalue weighted by atomic mass is 16.5. The van der Waals surface area contributed by atoms with Crippen molar-refractivity contribution in [1.82, 2.24) is 9.80 Å². The molecule has 1 aliphatic rings. The molecule has 30 heavy (non-hydrogen) atoms. The van der Waals surface area contributed by atoms with Gasteiger partial charge >= 0.3 is 0 Å². The maximum atomic E-state index is 12.6. The third kappa shape index (κ3) is 4.91. The number of nitrogens with one attached hydrogen (secondary N) is 1. The fraction of sp³-hybridized carbons (Fsp3) is 0.391. The third-order valence-electron chi connectivity index (χ3n) is 5.33. The second-order valence-electron chi connectivity index (χ2n) is 7.56. The Hall–Kier alpha value is -3.06. The standard InChI is InChI=1S/C23H29N3O4/c1-25(2)23(28)16-7-9-17(10-8-16)24-22(27)15-26-13-5-6-20(26)19-12-11-18(29-3)14-21(19)30-4/h7-12,14,20H,5-6,13,15H2,1-4H3,(H,24,27)/t20-/m1/s1. The van der Waals surface area contributed by atoms with Crippen LogP contribution in [0.3, 0.4) is 0 Å². The predicted molar refractivity (Wildman–Crippen MR) is 116 cm³/mol. The van der Waals surface area contributed by atoms with Gasteiger partial charge in [-0.2, -0.15) is 0 Å². The van der Waals surface area contributed by atoms with Gasteiger partial charge in [0.1, 0.15) is 11.5 Å². The van der Waals surface area contributed by atoms with Gasteiger partial charge in [0, 0.05) is 43.0 Å². The van der Waals surface area contributed by atoms with Gasteiger partial charge in [-0.05, 0) is 49.7 Å². The Morgan fingerprint density at radius 3 is 2.47 bits per heavy atom. The smallest absolute Gasteiger partial charge is 0.253 e. The highest BCUT2D eigenvalue weighted by molar-refractivity contribution is 5.96. The van der Waals surface area contributed by atoms with E-state index in [1.54, 1.807) is 52.6 Å². The molecule has 1 atom stereocenters. The van der Waals surface area contributed by atoms with Crippen LogP contribution in [0.1, 0.15) is 34.8 Å². The molecule has 2 aromatic rings. The van der Waals surface area contributed by atoms with Crippen LogP contribution in [-0.2, 0) is 4.79 Å². The molecule has 0 aromatic heterocycles. The first-order chi connectivity index (χ1) is 14.4. The van der Waals surface area contributed by atoms with Gasteiger partial charge in [0.2, 0.25) is 5.91 Å². The maximum Gasteiger partial charge on any atom is 0.253 e. The van der Waals surface area contributed by atoms with Gasteiger partial charge in [0.25, 0.3) is 5.91 Å². The number of hydrogen-bond acceptors (Lipinski definition) is 5. The van der Waals surface area contributed by atoms with Crippen molar-refractivity contribution in [2.75, 3.05) is 46.7 Å². The summed E-state index contributed by atoms with van der Waals surface area (Å²) in [5, 5.41) is 2.93. The predicted octanol–water partition coefficient (Wildman–Crippen LogP) is 3.18. The van der Waals surface area contributed by atoms with Crippen molar-refractivity contribution in [3.8, 4) is 11.5 Å². The Kier molecular flexibility index (Phi) is 6.95. The van der Waals surface area contributed by atoms with Crippen LogP contribution in [0.15, 0.2) is 42.5 Å². The van der Waals surface area contributed by atoms with Crippen molar-refractivity contribution in [3.05, 3.63) is 53.6 Å². The molecule has 1 heterocycles. The van der Waals surface area contributed by atoms with Crippen molar-refractivity contribution in [1.29, 1.82) is 0 Å². The molecule has 1 fully saturated rings. The Bertz CT molecular complexity index is 896. The molecule has 3 rings (SSSR count). The second kappa shape index (κ2) is 9.63. The summed E-state index contributed by atoms with van der Waals surface area (Å²) >= 11 is 0. The molecular formula is C23H29N3O4. The molecule has 1 N–H and O–H groups in total. The van der Waals surface area contributed by atoms with E-state index in [1.807, 2.05) is 18.2 Å². The first-order valence-corrected chi connectivity index (χ1v) is 10.0. The van der Waals surface area contributed by atoms with Crippen molar-refractivity contribution >= 4 is 17.5 Å². The summed E-state index contributed by atoms with van der Waals surface area (Å²) in [5.74, 6) is 1.36. The lowest BCUT2D eigenvalue weighted by Gasteiger charge is -2.26. The summed E-state index contributed by atoms with van der Waals surface area (Å²) in [6.07, 6.45) is 1.99. The normalized spacial score (nSPS) is 16.2. The van der Waals surface area contributed by atoms with Crippen LogP contribution >= 0.6 is 0 Å². The molecular weight excluding hydrogens is 382 g/mol. The second-order valence-corrected chi connectivity index (χ2v) is 7.56. The minimum atomic E-state index is -0.0823. The van der Waals surface area contributed by atoms with Crippen molar-refractivity contribution < 1.29 is 19.1 Å². The molecule has 0 unspecified atom stereocenters. The number of anilines is 1. The molecule has 0 saturated carbocycles. The molecule has 1 aliphatic heterocycles. The third-order valence-corrected chi connectivity index (χ3v) is 5.33. The first kappa shape index (κ1) is 21.6. The average molecular weight is 412 g/mol. The van der Waals surface area contributed by atoms with E-state index in [0.717, 1.165) is 36.4 Å². The number of benzene rings is 2. The molecule has 0 spiro atoms. The molecule has 0 bridgehead atoms. The van der Waals surface area contributed by atoms with Crippen molar-refractivity contribution in [3.63, 3.8) is 0 Å². The molecule has 2 amide bonds. The Morgan fingerprint density at radius 1 is 1.10 bits per heavy atom. The highest BCUT2D eigenvalue weighted by Crippen LogP contribution is 2.38. The molecule has 7 nitrogen and oxygen atoms in total. The zero-order valence-corrected chi connectivity index (χ0v) is 18.0. The fourth-order valence-electron chi connectivity index (χ4n) is 3.80. The summed E-state index contributed by atoms with van der Waals surface area (Å²) in [5.41, 5.74) is 2.33. The van der Waals surface area contributed by atoms with E-state index in [9.17, 15) is 9.59 Å². The number of carbonyl (C=O) groups excluding carboxylic acids is 2. The van der Waals surface area contributed by atoms with Crippen molar-refractivity contribution in [2.24, 2.45) is 0 Å². The van der Waals surface area contributed by atoms with E-state index >= 15 is 0 Å². The van der Waals surface area contributed by atoms with Gasteiger partial charge in [-0.1, -0.05) is 6.07 Å². The lowest BCUT2D eigenvalue weighted by Crippen LogP contribution is -2.33. The summed E-state index contributed by atoms with van der Waals surface area (Å²) < 4.78 is 10.8. The minimum Gasteiger partial charge on any atom is -0.497 e. The van der Waals surface area contributed by atoms with Crippen LogP contribution in [0.4, 0.5) is 5.69 Å². The number of rotatable bonds is 7. The number of hydrogen-bond donors (Lipinski definition) is 1. The summed E-state index contributed by atoms with van der Waals surface area (Å²) in [6, 6.07) is 12.9. The number of ether oxygens (including phenoxy) is 2. The molecule has 0 aliphatic carbocycles. The van der Waals surface area contributed by atoms with Crippen molar-refractivity contribution in [2.45, 2.75) is 18.9 Å². The molecule has 7 heteroatoms. The largest absolute Gasteiger partial charge is 0.497 e. The molecule has 160 valence electrons. The Labute approximate surface area is 177 Å². The Balaban J connectivity index is 1.65. The zero-order chi connectivity index (χ0) is 21.7. The zero-order valence-electron chi connectivity index (χ0n) is 18.0. The van der Waals surface area contributed by atoms with E-state index in [1.165, 1.54) is 4.90 Å². The highest BCUT2D eigenvalue weighted by Gasteiger charge is 2.30. The number of likely N-dealkylation sites (tertiary alicyclic amines) is 1. The van der Waals surface area contributed by atoms with E-state index in [0.29, 0.717) is 11.3 Å². The van der Waals surface area contributed by atoms with E-state index in [2.05, 4.69) is 10.2 Å². The quantitative estimate of drug-likeness (QED) is 0.758. The molecule has 2 aromatic carbocycles. The number of methoxy groups -OCH3 is 2. The van der Waals surface area contributed by atoms with Gasteiger partial charge in [-0.3, -0.25) is 14.5 Å².